The first kappa shape index (κ1) is 20.1. The van der Waals surface area contributed by atoms with Gasteiger partial charge in [0.1, 0.15) is 5.82 Å². The maximum atomic E-state index is 14.4. The molecule has 158 valence electrons. The van der Waals surface area contributed by atoms with Crippen molar-refractivity contribution < 1.29 is 4.39 Å². The lowest BCUT2D eigenvalue weighted by atomic mass is 9.98. The molecule has 4 heterocycles. The Kier molecular flexibility index (Phi) is 5.66. The zero-order chi connectivity index (χ0) is 21.2. The van der Waals surface area contributed by atoms with Gasteiger partial charge < -0.3 is 10.6 Å². The number of aliphatic imine (C=N–C) groups is 1. The third-order valence-corrected chi connectivity index (χ3v) is 6.09. The zero-order valence-corrected chi connectivity index (χ0v) is 17.8. The maximum absolute atomic E-state index is 14.4. The minimum absolute atomic E-state index is 0.345. The molecular formula is C24H23ClFN5. The molecule has 2 aliphatic heterocycles. The van der Waals surface area contributed by atoms with Crippen molar-refractivity contribution in [3.8, 4) is 0 Å². The summed E-state index contributed by atoms with van der Waals surface area (Å²) < 4.78 is 14.4. The van der Waals surface area contributed by atoms with Gasteiger partial charge in [0.15, 0.2) is 0 Å². The van der Waals surface area contributed by atoms with Gasteiger partial charge in [0.05, 0.1) is 40.9 Å². The Bertz CT molecular complexity index is 1180. The van der Waals surface area contributed by atoms with Crippen LogP contribution >= 0.6 is 11.6 Å². The van der Waals surface area contributed by atoms with Crippen LogP contribution < -0.4 is 10.6 Å². The highest BCUT2D eigenvalue weighted by Crippen LogP contribution is 2.28. The highest BCUT2D eigenvalue weighted by molar-refractivity contribution is 6.35. The summed E-state index contributed by atoms with van der Waals surface area (Å²) in [6.45, 7) is 3.59. The van der Waals surface area contributed by atoms with Crippen LogP contribution in [0.2, 0.25) is 5.02 Å². The Balaban J connectivity index is 1.41. The van der Waals surface area contributed by atoms with Crippen molar-refractivity contribution in [2.24, 2.45) is 10.9 Å². The number of piperidine rings is 1. The molecule has 0 spiro atoms. The molecule has 2 N–H and O–H groups in total. The van der Waals surface area contributed by atoms with E-state index < -0.39 is 0 Å². The summed E-state index contributed by atoms with van der Waals surface area (Å²) >= 11 is 6.09. The normalized spacial score (nSPS) is 17.0. The second-order valence-corrected chi connectivity index (χ2v) is 8.40. The summed E-state index contributed by atoms with van der Waals surface area (Å²) in [5.41, 5.74) is 5.13. The van der Waals surface area contributed by atoms with Crippen molar-refractivity contribution >= 4 is 39.6 Å². The Labute approximate surface area is 185 Å². The molecule has 0 unspecified atom stereocenters. The smallest absolute Gasteiger partial charge is 0.132 e. The van der Waals surface area contributed by atoms with Crippen LogP contribution in [0.25, 0.3) is 16.6 Å². The number of nitrogens with one attached hydrogen (secondary N) is 2. The van der Waals surface area contributed by atoms with Crippen LogP contribution in [0.5, 0.6) is 0 Å². The number of fused-ring (bicyclic) bond motifs is 1. The number of anilines is 1. The fraction of sp³-hybridized carbons (Fsp3) is 0.292. The summed E-state index contributed by atoms with van der Waals surface area (Å²) in [5, 5.41) is 7.38. The highest BCUT2D eigenvalue weighted by atomic mass is 35.5. The summed E-state index contributed by atoms with van der Waals surface area (Å²) in [6.07, 6.45) is 6.20. The number of hydrogen-bond acceptors (Lipinski definition) is 5. The molecule has 0 aliphatic carbocycles. The maximum Gasteiger partial charge on any atom is 0.132 e. The van der Waals surface area contributed by atoms with Gasteiger partial charge in [-0.15, -0.1) is 0 Å². The number of halogens is 2. The Morgan fingerprint density at radius 3 is 2.84 bits per heavy atom. The average molecular weight is 436 g/mol. The van der Waals surface area contributed by atoms with E-state index in [0.717, 1.165) is 47.6 Å². The lowest BCUT2D eigenvalue weighted by Gasteiger charge is -2.23. The second-order valence-electron chi connectivity index (χ2n) is 7.96. The molecule has 1 fully saturated rings. The zero-order valence-electron chi connectivity index (χ0n) is 17.0. The van der Waals surface area contributed by atoms with E-state index in [9.17, 15) is 4.39 Å². The quantitative estimate of drug-likeness (QED) is 0.608. The molecule has 2 aliphatic rings. The van der Waals surface area contributed by atoms with Crippen LogP contribution in [0.15, 0.2) is 53.7 Å². The van der Waals surface area contributed by atoms with Crippen LogP contribution in [0, 0.1) is 11.7 Å². The van der Waals surface area contributed by atoms with Gasteiger partial charge in [0.2, 0.25) is 0 Å². The largest absolute Gasteiger partial charge is 0.383 e. The molecule has 0 amide bonds. The number of aromatic nitrogens is 2. The summed E-state index contributed by atoms with van der Waals surface area (Å²) in [7, 11) is 0. The van der Waals surface area contributed by atoms with Crippen LogP contribution in [0.3, 0.4) is 0 Å². The standard InChI is InChI=1S/C24H23ClFN5/c25-16-1-2-20(26)19(11-16)24-18(7-10-28-24)21-3-4-22-23(31-21)12-17(14-30-22)29-13-15-5-8-27-9-6-15/h1-4,7,11-12,14-15,27,29H,5-6,8-10,13H2. The first-order chi connectivity index (χ1) is 15.2. The molecule has 1 aromatic carbocycles. The first-order valence-corrected chi connectivity index (χ1v) is 11.0. The predicted molar refractivity (Wildman–Crippen MR) is 124 cm³/mol. The minimum Gasteiger partial charge on any atom is -0.383 e. The molecule has 0 radical (unpaired) electrons. The first-order valence-electron chi connectivity index (χ1n) is 10.6. The minimum atomic E-state index is -0.345. The van der Waals surface area contributed by atoms with Gasteiger partial charge in [0.25, 0.3) is 0 Å². The number of nitrogens with zero attached hydrogens (tertiary/aromatic N) is 3. The molecule has 5 rings (SSSR count). The second kappa shape index (κ2) is 8.73. The number of benzene rings is 1. The van der Waals surface area contributed by atoms with Gasteiger partial charge >= 0.3 is 0 Å². The summed E-state index contributed by atoms with van der Waals surface area (Å²) in [5.74, 6) is 0.328. The van der Waals surface area contributed by atoms with Gasteiger partial charge in [-0.25, -0.2) is 9.37 Å². The molecule has 1 saturated heterocycles. The molecule has 31 heavy (non-hydrogen) atoms. The van der Waals surface area contributed by atoms with E-state index >= 15 is 0 Å². The van der Waals surface area contributed by atoms with Crippen molar-refractivity contribution in [1.29, 1.82) is 0 Å². The van der Waals surface area contributed by atoms with Gasteiger partial charge in [-0.3, -0.25) is 9.98 Å². The Morgan fingerprint density at radius 2 is 1.97 bits per heavy atom. The van der Waals surface area contributed by atoms with E-state index in [1.807, 2.05) is 30.5 Å². The van der Waals surface area contributed by atoms with E-state index in [1.54, 1.807) is 6.07 Å². The van der Waals surface area contributed by atoms with Crippen molar-refractivity contribution in [2.75, 3.05) is 31.5 Å². The predicted octanol–water partition coefficient (Wildman–Crippen LogP) is 4.72. The Morgan fingerprint density at radius 1 is 1.10 bits per heavy atom. The van der Waals surface area contributed by atoms with Crippen molar-refractivity contribution in [2.45, 2.75) is 12.8 Å². The van der Waals surface area contributed by atoms with Crippen molar-refractivity contribution in [3.05, 3.63) is 70.8 Å². The van der Waals surface area contributed by atoms with Crippen LogP contribution in [-0.2, 0) is 0 Å². The molecule has 5 nitrogen and oxygen atoms in total. The number of pyridine rings is 2. The average Bonchev–Trinajstić information content (AvgIpc) is 3.29. The highest BCUT2D eigenvalue weighted by Gasteiger charge is 2.21. The fourth-order valence-corrected chi connectivity index (χ4v) is 4.32. The molecule has 7 heteroatoms. The molecule has 0 atom stereocenters. The number of rotatable bonds is 5. The van der Waals surface area contributed by atoms with E-state index in [0.29, 0.717) is 28.8 Å². The van der Waals surface area contributed by atoms with Gasteiger partial charge in [-0.2, -0.15) is 0 Å². The lowest BCUT2D eigenvalue weighted by molar-refractivity contribution is 0.390. The molecular weight excluding hydrogens is 413 g/mol. The summed E-state index contributed by atoms with van der Waals surface area (Å²) in [4.78, 5) is 13.9. The SMILES string of the molecule is Fc1ccc(Cl)cc1C1=NCC=C1c1ccc2ncc(NCC3CCNCC3)cc2n1. The van der Waals surface area contributed by atoms with Gasteiger partial charge in [-0.1, -0.05) is 17.7 Å². The van der Waals surface area contributed by atoms with Gasteiger partial charge in [0, 0.05) is 22.7 Å². The lowest BCUT2D eigenvalue weighted by Crippen LogP contribution is -2.31. The number of allylic oxidation sites excluding steroid dienone is 1. The van der Waals surface area contributed by atoms with E-state index in [4.69, 9.17) is 16.6 Å². The molecule has 0 bridgehead atoms. The molecule has 0 saturated carbocycles. The van der Waals surface area contributed by atoms with E-state index in [1.165, 1.54) is 25.0 Å². The molecule has 3 aromatic rings. The summed E-state index contributed by atoms with van der Waals surface area (Å²) in [6, 6.07) is 10.4. The Hall–Kier alpha value is -2.83. The van der Waals surface area contributed by atoms with Crippen molar-refractivity contribution in [1.82, 2.24) is 15.3 Å². The van der Waals surface area contributed by atoms with Crippen LogP contribution in [0.4, 0.5) is 10.1 Å². The third-order valence-electron chi connectivity index (χ3n) is 5.85. The molecule has 2 aromatic heterocycles. The van der Waals surface area contributed by atoms with Crippen LogP contribution in [-0.4, -0.2) is 41.9 Å². The van der Waals surface area contributed by atoms with Gasteiger partial charge in [-0.05, 0) is 68.2 Å². The van der Waals surface area contributed by atoms with Crippen molar-refractivity contribution in [3.63, 3.8) is 0 Å². The van der Waals surface area contributed by atoms with E-state index in [2.05, 4.69) is 20.6 Å². The number of hydrogen-bond donors (Lipinski definition) is 2. The monoisotopic (exact) mass is 435 g/mol. The van der Waals surface area contributed by atoms with Crippen LogP contribution in [0.1, 0.15) is 24.1 Å². The third kappa shape index (κ3) is 4.31. The topological polar surface area (TPSA) is 62.2 Å². The fourth-order valence-electron chi connectivity index (χ4n) is 4.15. The van der Waals surface area contributed by atoms with E-state index in [-0.39, 0.29) is 5.82 Å².